The molecule has 140 valence electrons. The van der Waals surface area contributed by atoms with Crippen LogP contribution >= 0.6 is 0 Å². The highest BCUT2D eigenvalue weighted by atomic mass is 16.6. The van der Waals surface area contributed by atoms with E-state index in [1.54, 1.807) is 20.8 Å². The number of hydrogen-bond donors (Lipinski definition) is 0. The lowest BCUT2D eigenvalue weighted by molar-refractivity contribution is -0.145. The summed E-state index contributed by atoms with van der Waals surface area (Å²) >= 11 is 0. The molecular formula is C18H22N2O6. The van der Waals surface area contributed by atoms with Crippen molar-refractivity contribution < 1.29 is 28.7 Å². The van der Waals surface area contributed by atoms with E-state index in [1.807, 2.05) is 30.3 Å². The van der Waals surface area contributed by atoms with E-state index in [4.69, 9.17) is 9.47 Å². The zero-order chi connectivity index (χ0) is 19.3. The molecule has 8 heteroatoms. The Kier molecular flexibility index (Phi) is 5.97. The van der Waals surface area contributed by atoms with Crippen molar-refractivity contribution in [2.45, 2.75) is 39.4 Å². The van der Waals surface area contributed by atoms with Gasteiger partial charge in [0.2, 0.25) is 0 Å². The first-order chi connectivity index (χ1) is 12.2. The summed E-state index contributed by atoms with van der Waals surface area (Å²) in [6.07, 6.45) is -1.03. The van der Waals surface area contributed by atoms with Crippen molar-refractivity contribution in [1.82, 2.24) is 9.80 Å². The van der Waals surface area contributed by atoms with Gasteiger partial charge in [0.1, 0.15) is 18.8 Å². The first kappa shape index (κ1) is 19.4. The van der Waals surface area contributed by atoms with Crippen LogP contribution in [0.2, 0.25) is 0 Å². The Morgan fingerprint density at radius 3 is 2.38 bits per heavy atom. The summed E-state index contributed by atoms with van der Waals surface area (Å²) in [6.45, 7) is 4.55. The summed E-state index contributed by atoms with van der Waals surface area (Å²) in [6, 6.07) is 8.36. The maximum atomic E-state index is 12.2. The van der Waals surface area contributed by atoms with Gasteiger partial charge in [-0.1, -0.05) is 30.3 Å². The van der Waals surface area contributed by atoms with Crippen LogP contribution in [0.15, 0.2) is 30.3 Å². The molecule has 0 aliphatic carbocycles. The molecule has 1 saturated heterocycles. The van der Waals surface area contributed by atoms with E-state index in [0.29, 0.717) is 0 Å². The smallest absolute Gasteiger partial charge is 0.419 e. The van der Waals surface area contributed by atoms with Crippen molar-refractivity contribution in [2.24, 2.45) is 0 Å². The number of hydrogen-bond acceptors (Lipinski definition) is 6. The van der Waals surface area contributed by atoms with E-state index in [-0.39, 0.29) is 19.6 Å². The molecule has 0 spiro atoms. The maximum absolute atomic E-state index is 12.2. The average molecular weight is 362 g/mol. The molecule has 4 amide bonds. The van der Waals surface area contributed by atoms with Gasteiger partial charge in [-0.25, -0.2) is 14.5 Å². The second kappa shape index (κ2) is 7.99. The quantitative estimate of drug-likeness (QED) is 0.589. The lowest BCUT2D eigenvalue weighted by atomic mass is 10.2. The van der Waals surface area contributed by atoms with Crippen molar-refractivity contribution in [1.29, 1.82) is 0 Å². The van der Waals surface area contributed by atoms with E-state index in [2.05, 4.69) is 0 Å². The number of urea groups is 1. The van der Waals surface area contributed by atoms with Gasteiger partial charge in [0.25, 0.3) is 5.91 Å². The zero-order valence-electron chi connectivity index (χ0n) is 15.1. The molecule has 1 heterocycles. The molecule has 2 rings (SSSR count). The zero-order valence-corrected chi connectivity index (χ0v) is 15.1. The number of carbonyl (C=O) groups excluding carboxylic acids is 4. The Morgan fingerprint density at radius 1 is 1.12 bits per heavy atom. The second-order valence-corrected chi connectivity index (χ2v) is 6.79. The second-order valence-electron chi connectivity index (χ2n) is 6.79. The Hall–Kier alpha value is -2.90. The lowest BCUT2D eigenvalue weighted by Gasteiger charge is -2.22. The van der Waals surface area contributed by atoms with Crippen LogP contribution in [0.5, 0.6) is 0 Å². The van der Waals surface area contributed by atoms with Gasteiger partial charge in [0, 0.05) is 6.54 Å². The molecule has 8 nitrogen and oxygen atoms in total. The molecule has 26 heavy (non-hydrogen) atoms. The molecule has 0 atom stereocenters. The fraction of sp³-hybridized carbons (Fsp3) is 0.444. The summed E-state index contributed by atoms with van der Waals surface area (Å²) in [5.74, 6) is -1.10. The van der Waals surface area contributed by atoms with Crippen LogP contribution < -0.4 is 0 Å². The SMILES string of the molecule is CC(C)(C)OC(=O)N1CC(=O)N(CCC(=O)OCc2ccccc2)C1=O. The third-order valence-electron chi connectivity index (χ3n) is 3.45. The molecular weight excluding hydrogens is 340 g/mol. The topological polar surface area (TPSA) is 93.2 Å². The van der Waals surface area contributed by atoms with Gasteiger partial charge < -0.3 is 9.47 Å². The average Bonchev–Trinajstić information content (AvgIpc) is 2.85. The Balaban J connectivity index is 1.83. The van der Waals surface area contributed by atoms with Crippen LogP contribution in [0.1, 0.15) is 32.8 Å². The number of amides is 4. The minimum absolute atomic E-state index is 0.117. The standard InChI is InChI=1S/C18H22N2O6/c1-18(2,3)26-17(24)20-11-14(21)19(16(20)23)10-9-15(22)25-12-13-7-5-4-6-8-13/h4-8H,9-12H2,1-3H3. The fourth-order valence-electron chi connectivity index (χ4n) is 2.23. The Morgan fingerprint density at radius 2 is 1.77 bits per heavy atom. The molecule has 0 radical (unpaired) electrons. The minimum Gasteiger partial charge on any atom is -0.461 e. The summed E-state index contributed by atoms with van der Waals surface area (Å²) in [5, 5.41) is 0. The number of imide groups is 2. The van der Waals surface area contributed by atoms with Gasteiger partial charge in [-0.15, -0.1) is 0 Å². The molecule has 1 aromatic rings. The third-order valence-corrected chi connectivity index (χ3v) is 3.45. The predicted molar refractivity (Wildman–Crippen MR) is 90.9 cm³/mol. The van der Waals surface area contributed by atoms with Crippen molar-refractivity contribution in [3.63, 3.8) is 0 Å². The van der Waals surface area contributed by atoms with Crippen molar-refractivity contribution in [3.8, 4) is 0 Å². The lowest BCUT2D eigenvalue weighted by Crippen LogP contribution is -2.40. The molecule has 0 saturated carbocycles. The number of nitrogens with zero attached hydrogens (tertiary/aromatic N) is 2. The number of esters is 1. The van der Waals surface area contributed by atoms with E-state index in [1.165, 1.54) is 0 Å². The normalized spacial score (nSPS) is 14.6. The van der Waals surface area contributed by atoms with Crippen molar-refractivity contribution in [2.75, 3.05) is 13.1 Å². The van der Waals surface area contributed by atoms with E-state index in [0.717, 1.165) is 15.4 Å². The minimum atomic E-state index is -0.884. The van der Waals surface area contributed by atoms with Crippen LogP contribution in [0.25, 0.3) is 0 Å². The van der Waals surface area contributed by atoms with Crippen LogP contribution in [0.3, 0.4) is 0 Å². The van der Waals surface area contributed by atoms with Gasteiger partial charge in [0.15, 0.2) is 0 Å². The Bertz CT molecular complexity index is 695. The summed E-state index contributed by atoms with van der Waals surface area (Å²) in [7, 11) is 0. The largest absolute Gasteiger partial charge is 0.461 e. The molecule has 0 unspecified atom stereocenters. The summed E-state index contributed by atoms with van der Waals surface area (Å²) < 4.78 is 10.2. The fourth-order valence-corrected chi connectivity index (χ4v) is 2.23. The van der Waals surface area contributed by atoms with E-state index in [9.17, 15) is 19.2 Å². The van der Waals surface area contributed by atoms with Gasteiger partial charge in [-0.2, -0.15) is 0 Å². The Labute approximate surface area is 151 Å². The highest BCUT2D eigenvalue weighted by Gasteiger charge is 2.41. The number of ether oxygens (including phenoxy) is 2. The number of benzene rings is 1. The number of rotatable bonds is 5. The predicted octanol–water partition coefficient (Wildman–Crippen LogP) is 2.32. The first-order valence-corrected chi connectivity index (χ1v) is 8.22. The van der Waals surface area contributed by atoms with Gasteiger partial charge >= 0.3 is 18.1 Å². The summed E-state index contributed by atoms with van der Waals surface area (Å²) in [5.41, 5.74) is 0.0556. The molecule has 0 N–H and O–H groups in total. The molecule has 1 aliphatic rings. The first-order valence-electron chi connectivity index (χ1n) is 8.22. The highest BCUT2D eigenvalue weighted by molar-refractivity contribution is 6.08. The molecule has 1 fully saturated rings. The highest BCUT2D eigenvalue weighted by Crippen LogP contribution is 2.16. The van der Waals surface area contributed by atoms with Crippen LogP contribution in [0, 0.1) is 0 Å². The maximum Gasteiger partial charge on any atom is 0.419 e. The van der Waals surface area contributed by atoms with Crippen molar-refractivity contribution in [3.05, 3.63) is 35.9 Å². The molecule has 1 aliphatic heterocycles. The van der Waals surface area contributed by atoms with Crippen LogP contribution in [0.4, 0.5) is 9.59 Å². The number of carbonyl (C=O) groups is 4. The van der Waals surface area contributed by atoms with E-state index < -0.39 is 36.1 Å². The van der Waals surface area contributed by atoms with Gasteiger partial charge in [-0.3, -0.25) is 14.5 Å². The molecule has 1 aromatic carbocycles. The molecule has 0 aromatic heterocycles. The van der Waals surface area contributed by atoms with Gasteiger partial charge in [-0.05, 0) is 26.3 Å². The van der Waals surface area contributed by atoms with Crippen LogP contribution in [-0.2, 0) is 25.7 Å². The summed E-state index contributed by atoms with van der Waals surface area (Å²) in [4.78, 5) is 49.5. The van der Waals surface area contributed by atoms with E-state index >= 15 is 0 Å². The monoisotopic (exact) mass is 362 g/mol. The molecule has 0 bridgehead atoms. The van der Waals surface area contributed by atoms with Crippen LogP contribution in [-0.4, -0.2) is 52.5 Å². The van der Waals surface area contributed by atoms with Crippen molar-refractivity contribution >= 4 is 24.0 Å². The third kappa shape index (κ3) is 5.30. The van der Waals surface area contributed by atoms with Gasteiger partial charge in [0.05, 0.1) is 6.42 Å².